The molecule has 0 aliphatic carbocycles. The summed E-state index contributed by atoms with van der Waals surface area (Å²) in [6.45, 7) is 8.33. The molecule has 0 spiro atoms. The maximum atomic E-state index is 12.0. The molecule has 0 aliphatic heterocycles. The van der Waals surface area contributed by atoms with E-state index in [0.29, 0.717) is 12.8 Å². The number of aliphatic hydroxyl groups is 1. The molecule has 1 aromatic heterocycles. The number of thioether (sulfide) groups is 1. The van der Waals surface area contributed by atoms with E-state index in [-0.39, 0.29) is 24.0 Å². The summed E-state index contributed by atoms with van der Waals surface area (Å²) < 4.78 is 0. The second kappa shape index (κ2) is 8.76. The van der Waals surface area contributed by atoms with Gasteiger partial charge in [-0.1, -0.05) is 20.8 Å². The Bertz CT molecular complexity index is 441. The lowest BCUT2D eigenvalue weighted by atomic mass is 9.85. The quantitative estimate of drug-likeness (QED) is 0.719. The fraction of sp³-hybridized carbons (Fsp3) is 0.733. The van der Waals surface area contributed by atoms with Gasteiger partial charge in [-0.3, -0.25) is 4.79 Å². The van der Waals surface area contributed by atoms with Gasteiger partial charge in [0.1, 0.15) is 0 Å². The highest BCUT2D eigenvalue weighted by molar-refractivity contribution is 7.98. The van der Waals surface area contributed by atoms with Gasteiger partial charge >= 0.3 is 0 Å². The molecule has 4 nitrogen and oxygen atoms in total. The molecular formula is C15H26N2O2S2. The second-order valence-electron chi connectivity index (χ2n) is 6.16. The van der Waals surface area contributed by atoms with Crippen molar-refractivity contribution in [1.29, 1.82) is 0 Å². The van der Waals surface area contributed by atoms with Crippen LogP contribution in [0.1, 0.15) is 44.3 Å². The number of rotatable bonds is 8. The number of aryl methyl sites for hydroxylation is 1. The van der Waals surface area contributed by atoms with E-state index in [1.165, 1.54) is 0 Å². The van der Waals surface area contributed by atoms with E-state index >= 15 is 0 Å². The lowest BCUT2D eigenvalue weighted by molar-refractivity contribution is -0.122. The van der Waals surface area contributed by atoms with Crippen LogP contribution < -0.4 is 5.32 Å². The van der Waals surface area contributed by atoms with Crippen LogP contribution in [0.5, 0.6) is 0 Å². The Kier molecular flexibility index (Phi) is 7.70. The summed E-state index contributed by atoms with van der Waals surface area (Å²) in [5, 5.41) is 15.3. The van der Waals surface area contributed by atoms with Gasteiger partial charge < -0.3 is 10.4 Å². The van der Waals surface area contributed by atoms with Gasteiger partial charge in [0.25, 0.3) is 0 Å². The SMILES string of the molecule is Cc1nc(CSCCC(=O)NC(CCO)C(C)(C)C)cs1. The van der Waals surface area contributed by atoms with Crippen LogP contribution in [0.25, 0.3) is 0 Å². The van der Waals surface area contributed by atoms with Gasteiger partial charge in [0.05, 0.1) is 10.7 Å². The highest BCUT2D eigenvalue weighted by atomic mass is 32.2. The Labute approximate surface area is 135 Å². The molecule has 0 bridgehead atoms. The summed E-state index contributed by atoms with van der Waals surface area (Å²) in [6, 6.07) is 0.0150. The summed E-state index contributed by atoms with van der Waals surface area (Å²) in [6.07, 6.45) is 1.10. The zero-order valence-corrected chi connectivity index (χ0v) is 14.9. The van der Waals surface area contributed by atoms with E-state index in [1.54, 1.807) is 23.1 Å². The second-order valence-corrected chi connectivity index (χ2v) is 8.33. The van der Waals surface area contributed by atoms with Crippen molar-refractivity contribution >= 4 is 29.0 Å². The van der Waals surface area contributed by atoms with Gasteiger partial charge in [0.2, 0.25) is 5.91 Å². The predicted octanol–water partition coefficient (Wildman–Crippen LogP) is 2.99. The molecular weight excluding hydrogens is 304 g/mol. The highest BCUT2D eigenvalue weighted by Crippen LogP contribution is 2.22. The summed E-state index contributed by atoms with van der Waals surface area (Å²) in [7, 11) is 0. The Balaban J connectivity index is 2.26. The van der Waals surface area contributed by atoms with Gasteiger partial charge in [0.15, 0.2) is 0 Å². The van der Waals surface area contributed by atoms with Gasteiger partial charge in [-0.2, -0.15) is 11.8 Å². The molecule has 0 radical (unpaired) electrons. The van der Waals surface area contributed by atoms with Crippen LogP contribution >= 0.6 is 23.1 Å². The number of carbonyl (C=O) groups excluding carboxylic acids is 1. The van der Waals surface area contributed by atoms with Crippen LogP contribution in [0.4, 0.5) is 0 Å². The molecule has 0 fully saturated rings. The Morgan fingerprint density at radius 1 is 1.52 bits per heavy atom. The number of aliphatic hydroxyl groups excluding tert-OH is 1. The zero-order chi connectivity index (χ0) is 15.9. The van der Waals surface area contributed by atoms with E-state index in [9.17, 15) is 4.79 Å². The van der Waals surface area contributed by atoms with E-state index in [1.807, 2.05) is 6.92 Å². The zero-order valence-electron chi connectivity index (χ0n) is 13.3. The van der Waals surface area contributed by atoms with Crippen molar-refractivity contribution in [2.75, 3.05) is 12.4 Å². The maximum Gasteiger partial charge on any atom is 0.221 e. The average Bonchev–Trinajstić information content (AvgIpc) is 2.79. The van der Waals surface area contributed by atoms with E-state index in [0.717, 1.165) is 22.2 Å². The molecule has 6 heteroatoms. The van der Waals surface area contributed by atoms with E-state index < -0.39 is 0 Å². The molecule has 1 aromatic rings. The minimum absolute atomic E-state index is 0.0150. The fourth-order valence-corrected chi connectivity index (χ4v) is 3.48. The minimum atomic E-state index is -0.0380. The molecule has 120 valence electrons. The molecule has 1 amide bonds. The first-order valence-corrected chi connectivity index (χ1v) is 9.25. The summed E-state index contributed by atoms with van der Waals surface area (Å²) >= 11 is 3.39. The first-order valence-electron chi connectivity index (χ1n) is 7.22. The Hall–Kier alpha value is -0.590. The highest BCUT2D eigenvalue weighted by Gasteiger charge is 2.25. The number of hydrogen-bond donors (Lipinski definition) is 2. The van der Waals surface area contributed by atoms with Crippen molar-refractivity contribution in [3.63, 3.8) is 0 Å². The van der Waals surface area contributed by atoms with Crippen molar-refractivity contribution in [1.82, 2.24) is 10.3 Å². The van der Waals surface area contributed by atoms with E-state index in [2.05, 4.69) is 36.5 Å². The number of hydrogen-bond acceptors (Lipinski definition) is 5. The fourth-order valence-electron chi connectivity index (χ4n) is 1.93. The van der Waals surface area contributed by atoms with Gasteiger partial charge in [0, 0.05) is 36.0 Å². The van der Waals surface area contributed by atoms with Crippen molar-refractivity contribution in [3.8, 4) is 0 Å². The molecule has 21 heavy (non-hydrogen) atoms. The van der Waals surface area contributed by atoms with Crippen molar-refractivity contribution < 1.29 is 9.90 Å². The first-order chi connectivity index (χ1) is 9.82. The molecule has 1 heterocycles. The monoisotopic (exact) mass is 330 g/mol. The van der Waals surface area contributed by atoms with Crippen LogP contribution in [0.3, 0.4) is 0 Å². The third-order valence-electron chi connectivity index (χ3n) is 3.19. The Morgan fingerprint density at radius 3 is 2.76 bits per heavy atom. The number of aromatic nitrogens is 1. The normalized spacial score (nSPS) is 13.2. The first kappa shape index (κ1) is 18.5. The summed E-state index contributed by atoms with van der Waals surface area (Å²) in [4.78, 5) is 16.4. The van der Waals surface area contributed by atoms with Crippen LogP contribution in [-0.2, 0) is 10.5 Å². The number of nitrogens with zero attached hydrogens (tertiary/aromatic N) is 1. The molecule has 0 saturated carbocycles. The summed E-state index contributed by atoms with van der Waals surface area (Å²) in [5.74, 6) is 1.71. The van der Waals surface area contributed by atoms with Crippen molar-refractivity contribution in [2.24, 2.45) is 5.41 Å². The third-order valence-corrected chi connectivity index (χ3v) is 5.00. The number of thiazole rings is 1. The van der Waals surface area contributed by atoms with Crippen molar-refractivity contribution in [2.45, 2.75) is 52.3 Å². The van der Waals surface area contributed by atoms with E-state index in [4.69, 9.17) is 5.11 Å². The number of carbonyl (C=O) groups is 1. The molecule has 0 aliphatic rings. The third kappa shape index (κ3) is 7.29. The van der Waals surface area contributed by atoms with Gasteiger partial charge in [-0.25, -0.2) is 4.98 Å². The molecule has 1 rings (SSSR count). The molecule has 1 unspecified atom stereocenters. The standard InChI is InChI=1S/C15H26N2O2S2/c1-11-16-12(10-21-11)9-20-8-6-14(19)17-13(5-7-18)15(2,3)4/h10,13,18H,5-9H2,1-4H3,(H,17,19). The molecule has 2 N–H and O–H groups in total. The molecule has 0 saturated heterocycles. The van der Waals surface area contributed by atoms with Crippen molar-refractivity contribution in [3.05, 3.63) is 16.1 Å². The largest absolute Gasteiger partial charge is 0.396 e. The minimum Gasteiger partial charge on any atom is -0.396 e. The van der Waals surface area contributed by atoms with Crippen LogP contribution in [0, 0.1) is 12.3 Å². The smallest absolute Gasteiger partial charge is 0.221 e. The number of nitrogens with one attached hydrogen (secondary N) is 1. The van der Waals surface area contributed by atoms with Gasteiger partial charge in [-0.05, 0) is 18.8 Å². The Morgan fingerprint density at radius 2 is 2.24 bits per heavy atom. The topological polar surface area (TPSA) is 62.2 Å². The van der Waals surface area contributed by atoms with Crippen LogP contribution in [0.2, 0.25) is 0 Å². The predicted molar refractivity (Wildman–Crippen MR) is 90.7 cm³/mol. The van der Waals surface area contributed by atoms with Crippen LogP contribution in [-0.4, -0.2) is 34.4 Å². The number of amides is 1. The van der Waals surface area contributed by atoms with Crippen LogP contribution in [0.15, 0.2) is 5.38 Å². The maximum absolute atomic E-state index is 12.0. The summed E-state index contributed by atoms with van der Waals surface area (Å²) in [5.41, 5.74) is 1.06. The lowest BCUT2D eigenvalue weighted by Crippen LogP contribution is -2.44. The average molecular weight is 331 g/mol. The lowest BCUT2D eigenvalue weighted by Gasteiger charge is -2.31. The molecule has 1 atom stereocenters. The molecule has 0 aromatic carbocycles. The van der Waals surface area contributed by atoms with Gasteiger partial charge in [-0.15, -0.1) is 11.3 Å².